The summed E-state index contributed by atoms with van der Waals surface area (Å²) in [6, 6.07) is 5.33. The van der Waals surface area contributed by atoms with Gasteiger partial charge >= 0.3 is 6.61 Å². The van der Waals surface area contributed by atoms with Crippen LogP contribution >= 0.6 is 15.9 Å². The van der Waals surface area contributed by atoms with Crippen molar-refractivity contribution in [3.63, 3.8) is 0 Å². The van der Waals surface area contributed by atoms with Crippen molar-refractivity contribution in [3.8, 4) is 5.75 Å². The number of nitrogens with one attached hydrogen (secondary N) is 1. The van der Waals surface area contributed by atoms with Crippen molar-refractivity contribution in [2.45, 2.75) is 40.0 Å². The van der Waals surface area contributed by atoms with Gasteiger partial charge in [-0.05, 0) is 31.0 Å². The second-order valence-corrected chi connectivity index (χ2v) is 5.46. The fraction of sp³-hybridized carbons (Fsp3) is 0.538. The molecule has 0 heterocycles. The lowest BCUT2D eigenvalue weighted by atomic mass is 10.1. The summed E-state index contributed by atoms with van der Waals surface area (Å²) >= 11 is 3.33. The smallest absolute Gasteiger partial charge is 0.387 e. The SMILES string of the molecule is CC(C)C(C)NCc1cc(Br)ccc1OC(F)F. The van der Waals surface area contributed by atoms with Crippen molar-refractivity contribution in [1.29, 1.82) is 0 Å². The minimum Gasteiger partial charge on any atom is -0.434 e. The van der Waals surface area contributed by atoms with Crippen LogP contribution in [0.1, 0.15) is 26.3 Å². The van der Waals surface area contributed by atoms with E-state index in [-0.39, 0.29) is 5.75 Å². The quantitative estimate of drug-likeness (QED) is 0.848. The summed E-state index contributed by atoms with van der Waals surface area (Å²) in [6.45, 7) is 3.98. The van der Waals surface area contributed by atoms with Gasteiger partial charge in [-0.25, -0.2) is 0 Å². The fourth-order valence-electron chi connectivity index (χ4n) is 1.40. The molecule has 0 bridgehead atoms. The Hall–Kier alpha value is -0.680. The summed E-state index contributed by atoms with van der Waals surface area (Å²) in [7, 11) is 0. The van der Waals surface area contributed by atoms with E-state index in [1.165, 1.54) is 0 Å². The maximum Gasteiger partial charge on any atom is 0.387 e. The van der Waals surface area contributed by atoms with E-state index < -0.39 is 6.61 Å². The first kappa shape index (κ1) is 15.4. The highest BCUT2D eigenvalue weighted by molar-refractivity contribution is 9.10. The molecule has 0 saturated heterocycles. The molecule has 0 aromatic heterocycles. The monoisotopic (exact) mass is 321 g/mol. The van der Waals surface area contributed by atoms with Gasteiger partial charge in [0.2, 0.25) is 0 Å². The molecular formula is C13H18BrF2NO. The Morgan fingerprint density at radius 3 is 2.50 bits per heavy atom. The zero-order valence-corrected chi connectivity index (χ0v) is 12.3. The van der Waals surface area contributed by atoms with Crippen LogP contribution in [0.25, 0.3) is 0 Å². The van der Waals surface area contributed by atoms with Gasteiger partial charge in [-0.3, -0.25) is 0 Å². The Labute approximate surface area is 115 Å². The number of ether oxygens (including phenoxy) is 1. The Balaban J connectivity index is 2.75. The first-order valence-electron chi connectivity index (χ1n) is 5.86. The van der Waals surface area contributed by atoms with Crippen LogP contribution in [0.4, 0.5) is 8.78 Å². The molecule has 0 saturated carbocycles. The van der Waals surface area contributed by atoms with Crippen LogP contribution in [0, 0.1) is 5.92 Å². The second kappa shape index (κ2) is 7.04. The second-order valence-electron chi connectivity index (χ2n) is 4.54. The lowest BCUT2D eigenvalue weighted by Crippen LogP contribution is -2.30. The van der Waals surface area contributed by atoms with E-state index in [0.717, 1.165) is 10.0 Å². The van der Waals surface area contributed by atoms with Crippen LogP contribution in [-0.2, 0) is 6.54 Å². The minimum atomic E-state index is -2.80. The van der Waals surface area contributed by atoms with E-state index in [0.29, 0.717) is 18.5 Å². The maximum absolute atomic E-state index is 12.3. The van der Waals surface area contributed by atoms with Crippen LogP contribution in [0.15, 0.2) is 22.7 Å². The zero-order valence-electron chi connectivity index (χ0n) is 10.7. The van der Waals surface area contributed by atoms with Crippen molar-refractivity contribution in [2.24, 2.45) is 5.92 Å². The van der Waals surface area contributed by atoms with Crippen molar-refractivity contribution in [3.05, 3.63) is 28.2 Å². The normalized spacial score (nSPS) is 13.1. The Morgan fingerprint density at radius 2 is 1.94 bits per heavy atom. The molecule has 0 amide bonds. The van der Waals surface area contributed by atoms with Gasteiger partial charge in [0, 0.05) is 22.6 Å². The summed E-state index contributed by atoms with van der Waals surface area (Å²) in [6.07, 6.45) is 0. The largest absolute Gasteiger partial charge is 0.434 e. The van der Waals surface area contributed by atoms with E-state index in [1.54, 1.807) is 18.2 Å². The van der Waals surface area contributed by atoms with Crippen molar-refractivity contribution in [1.82, 2.24) is 5.32 Å². The predicted octanol–water partition coefficient (Wildman–Crippen LogP) is 4.18. The summed E-state index contributed by atoms with van der Waals surface area (Å²) in [5.41, 5.74) is 0.720. The molecule has 0 radical (unpaired) electrons. The topological polar surface area (TPSA) is 21.3 Å². The van der Waals surface area contributed by atoms with Crippen LogP contribution in [0.5, 0.6) is 5.75 Å². The maximum atomic E-state index is 12.3. The standard InChI is InChI=1S/C13H18BrF2NO/c1-8(2)9(3)17-7-10-6-11(14)4-5-12(10)18-13(15)16/h4-6,8-9,13,17H,7H2,1-3H3. The molecule has 0 fully saturated rings. The van der Waals surface area contributed by atoms with E-state index in [1.807, 2.05) is 0 Å². The summed E-state index contributed by atoms with van der Waals surface area (Å²) in [5, 5.41) is 3.29. The number of benzene rings is 1. The summed E-state index contributed by atoms with van der Waals surface area (Å²) < 4.78 is 29.9. The molecule has 102 valence electrons. The summed E-state index contributed by atoms with van der Waals surface area (Å²) in [4.78, 5) is 0. The van der Waals surface area contributed by atoms with E-state index in [2.05, 4.69) is 46.8 Å². The van der Waals surface area contributed by atoms with Crippen LogP contribution < -0.4 is 10.1 Å². The fourth-order valence-corrected chi connectivity index (χ4v) is 1.81. The number of hydrogen-bond acceptors (Lipinski definition) is 2. The Morgan fingerprint density at radius 1 is 1.28 bits per heavy atom. The highest BCUT2D eigenvalue weighted by atomic mass is 79.9. The molecule has 1 rings (SSSR count). The van der Waals surface area contributed by atoms with Gasteiger partial charge in [0.1, 0.15) is 5.75 Å². The summed E-state index contributed by atoms with van der Waals surface area (Å²) in [5.74, 6) is 0.702. The number of alkyl halides is 2. The van der Waals surface area contributed by atoms with Gasteiger partial charge < -0.3 is 10.1 Å². The van der Waals surface area contributed by atoms with Crippen LogP contribution in [0.2, 0.25) is 0 Å². The number of hydrogen-bond donors (Lipinski definition) is 1. The van der Waals surface area contributed by atoms with Gasteiger partial charge in [0.15, 0.2) is 0 Å². The third-order valence-electron chi connectivity index (χ3n) is 2.85. The van der Waals surface area contributed by atoms with E-state index in [4.69, 9.17) is 0 Å². The lowest BCUT2D eigenvalue weighted by molar-refractivity contribution is -0.0505. The minimum absolute atomic E-state index is 0.219. The van der Waals surface area contributed by atoms with Crippen LogP contribution in [0.3, 0.4) is 0 Å². The molecule has 0 spiro atoms. The molecule has 1 unspecified atom stereocenters. The molecule has 18 heavy (non-hydrogen) atoms. The molecule has 5 heteroatoms. The third-order valence-corrected chi connectivity index (χ3v) is 3.35. The molecule has 1 atom stereocenters. The average molecular weight is 322 g/mol. The molecular weight excluding hydrogens is 304 g/mol. The number of rotatable bonds is 6. The highest BCUT2D eigenvalue weighted by Gasteiger charge is 2.12. The average Bonchev–Trinajstić information content (AvgIpc) is 2.28. The van der Waals surface area contributed by atoms with E-state index >= 15 is 0 Å². The molecule has 0 aliphatic rings. The molecule has 2 nitrogen and oxygen atoms in total. The number of halogens is 3. The molecule has 0 aliphatic carbocycles. The van der Waals surface area contributed by atoms with Gasteiger partial charge in [0.05, 0.1) is 0 Å². The molecule has 1 aromatic carbocycles. The molecule has 0 aliphatic heterocycles. The van der Waals surface area contributed by atoms with Crippen molar-refractivity contribution >= 4 is 15.9 Å². The first-order valence-corrected chi connectivity index (χ1v) is 6.66. The third kappa shape index (κ3) is 4.90. The highest BCUT2D eigenvalue weighted by Crippen LogP contribution is 2.25. The Bertz CT molecular complexity index is 385. The van der Waals surface area contributed by atoms with Gasteiger partial charge in [-0.2, -0.15) is 8.78 Å². The van der Waals surface area contributed by atoms with Crippen LogP contribution in [-0.4, -0.2) is 12.7 Å². The zero-order chi connectivity index (χ0) is 13.7. The van der Waals surface area contributed by atoms with Gasteiger partial charge in [0.25, 0.3) is 0 Å². The molecule has 1 N–H and O–H groups in total. The first-order chi connectivity index (χ1) is 8.40. The van der Waals surface area contributed by atoms with Crippen molar-refractivity contribution in [2.75, 3.05) is 0 Å². The predicted molar refractivity (Wildman–Crippen MR) is 71.9 cm³/mol. The Kier molecular flexibility index (Phi) is 6.02. The van der Waals surface area contributed by atoms with Crippen molar-refractivity contribution < 1.29 is 13.5 Å². The van der Waals surface area contributed by atoms with E-state index in [9.17, 15) is 8.78 Å². The molecule has 1 aromatic rings. The lowest BCUT2D eigenvalue weighted by Gasteiger charge is -2.19. The van der Waals surface area contributed by atoms with Gasteiger partial charge in [-0.1, -0.05) is 29.8 Å². The van der Waals surface area contributed by atoms with Gasteiger partial charge in [-0.15, -0.1) is 0 Å².